The second-order valence-corrected chi connectivity index (χ2v) is 3.67. The normalized spacial score (nSPS) is 14.5. The number of fused-ring (bicyclic) bond motifs is 3. The summed E-state index contributed by atoms with van der Waals surface area (Å²) in [6.07, 6.45) is 3.79. The molecule has 0 saturated carbocycles. The Morgan fingerprint density at radius 3 is 3.00 bits per heavy atom. The minimum Gasteiger partial charge on any atom is -0.456 e. The van der Waals surface area contributed by atoms with Gasteiger partial charge in [-0.25, -0.2) is 0 Å². The van der Waals surface area contributed by atoms with Crippen molar-refractivity contribution < 1.29 is 4.42 Å². The Bertz CT molecular complexity index is 685. The predicted molar refractivity (Wildman–Crippen MR) is 58.2 cm³/mol. The van der Waals surface area contributed by atoms with Gasteiger partial charge in [-0.05, 0) is 25.0 Å². The molecule has 0 fully saturated rings. The van der Waals surface area contributed by atoms with Crippen LogP contribution < -0.4 is 10.6 Å². The molecule has 0 aliphatic heterocycles. The molecule has 2 nitrogen and oxygen atoms in total. The Hall–Kier alpha value is -2.01. The molecule has 1 aliphatic carbocycles. The van der Waals surface area contributed by atoms with Crippen LogP contribution in [0, 0.1) is 11.3 Å². The summed E-state index contributed by atoms with van der Waals surface area (Å²) < 4.78 is 5.70. The van der Waals surface area contributed by atoms with Crippen LogP contribution in [0.2, 0.25) is 0 Å². The highest BCUT2D eigenvalue weighted by atomic mass is 16.3. The van der Waals surface area contributed by atoms with Gasteiger partial charge in [0.2, 0.25) is 0 Å². The Morgan fingerprint density at radius 1 is 1.27 bits per heavy atom. The molecule has 0 spiro atoms. The molecule has 1 heterocycles. The molecule has 0 atom stereocenters. The molecule has 1 aromatic carbocycles. The third-order valence-electron chi connectivity index (χ3n) is 2.78. The van der Waals surface area contributed by atoms with Crippen LogP contribution in [0.25, 0.3) is 22.6 Å². The third-order valence-corrected chi connectivity index (χ3v) is 2.78. The molecule has 3 rings (SSSR count). The first kappa shape index (κ1) is 8.31. The third kappa shape index (κ3) is 1.10. The molecule has 0 saturated heterocycles. The van der Waals surface area contributed by atoms with Crippen molar-refractivity contribution in [1.82, 2.24) is 0 Å². The van der Waals surface area contributed by atoms with E-state index in [-0.39, 0.29) is 0 Å². The van der Waals surface area contributed by atoms with Gasteiger partial charge in [0.1, 0.15) is 11.0 Å². The summed E-state index contributed by atoms with van der Waals surface area (Å²) in [7, 11) is 0. The van der Waals surface area contributed by atoms with Crippen molar-refractivity contribution in [2.75, 3.05) is 0 Å². The number of hydrogen-bond donors (Lipinski definition) is 0. The molecular formula is C13H9NO. The number of nitriles is 1. The molecular weight excluding hydrogens is 186 g/mol. The Balaban J connectivity index is 2.65. The molecule has 72 valence electrons. The first-order valence-electron chi connectivity index (χ1n) is 5.01. The Morgan fingerprint density at radius 2 is 2.13 bits per heavy atom. The highest BCUT2D eigenvalue weighted by molar-refractivity contribution is 5.83. The zero-order chi connectivity index (χ0) is 10.3. The first-order valence-corrected chi connectivity index (χ1v) is 5.01. The minimum atomic E-state index is 0.826. The van der Waals surface area contributed by atoms with Gasteiger partial charge in [-0.3, -0.25) is 0 Å². The van der Waals surface area contributed by atoms with E-state index in [4.69, 9.17) is 9.68 Å². The Labute approximate surface area is 86.7 Å². The second kappa shape index (κ2) is 2.99. The van der Waals surface area contributed by atoms with Crippen LogP contribution >= 0.6 is 0 Å². The van der Waals surface area contributed by atoms with Gasteiger partial charge in [-0.1, -0.05) is 18.2 Å². The summed E-state index contributed by atoms with van der Waals surface area (Å²) in [5.74, 6) is 0. The Kier molecular flexibility index (Phi) is 1.66. The lowest BCUT2D eigenvalue weighted by atomic mass is 10.0. The van der Waals surface area contributed by atoms with Crippen LogP contribution in [0.15, 0.2) is 28.7 Å². The van der Waals surface area contributed by atoms with Gasteiger partial charge in [-0.15, -0.1) is 0 Å². The molecule has 15 heavy (non-hydrogen) atoms. The summed E-state index contributed by atoms with van der Waals surface area (Å²) in [5.41, 5.74) is 2.57. The molecule has 1 aliphatic rings. The molecule has 1 aromatic heterocycles. The van der Waals surface area contributed by atoms with Crippen LogP contribution in [0.4, 0.5) is 0 Å². The largest absolute Gasteiger partial charge is 0.456 e. The van der Waals surface area contributed by atoms with E-state index in [0.717, 1.165) is 40.0 Å². The highest BCUT2D eigenvalue weighted by Crippen LogP contribution is 2.13. The van der Waals surface area contributed by atoms with Gasteiger partial charge in [0.25, 0.3) is 0 Å². The summed E-state index contributed by atoms with van der Waals surface area (Å²) in [4.78, 5) is 0. The molecule has 2 aromatic rings. The number of rotatable bonds is 0. The van der Waals surface area contributed by atoms with Crippen molar-refractivity contribution in [3.8, 4) is 6.07 Å². The van der Waals surface area contributed by atoms with Gasteiger partial charge in [0.15, 0.2) is 0 Å². The number of para-hydroxylation sites is 1. The quantitative estimate of drug-likeness (QED) is 0.641. The lowest BCUT2D eigenvalue weighted by Gasteiger charge is -1.98. The van der Waals surface area contributed by atoms with Gasteiger partial charge >= 0.3 is 0 Å². The van der Waals surface area contributed by atoms with Gasteiger partial charge in [0.05, 0.1) is 6.07 Å². The van der Waals surface area contributed by atoms with Crippen molar-refractivity contribution in [3.05, 3.63) is 34.9 Å². The van der Waals surface area contributed by atoms with Gasteiger partial charge in [0, 0.05) is 16.2 Å². The van der Waals surface area contributed by atoms with E-state index in [0.29, 0.717) is 0 Å². The van der Waals surface area contributed by atoms with Gasteiger partial charge in [-0.2, -0.15) is 5.26 Å². The maximum atomic E-state index is 9.07. The highest BCUT2D eigenvalue weighted by Gasteiger charge is 2.10. The van der Waals surface area contributed by atoms with Crippen molar-refractivity contribution in [2.24, 2.45) is 0 Å². The summed E-state index contributed by atoms with van der Waals surface area (Å²) in [6.45, 7) is 0. The fourth-order valence-electron chi connectivity index (χ4n) is 2.10. The van der Waals surface area contributed by atoms with Gasteiger partial charge < -0.3 is 4.42 Å². The molecule has 0 N–H and O–H groups in total. The lowest BCUT2D eigenvalue weighted by Crippen LogP contribution is -2.25. The van der Waals surface area contributed by atoms with E-state index in [1.807, 2.05) is 24.3 Å². The smallest absolute Gasteiger partial charge is 0.135 e. The molecule has 0 amide bonds. The van der Waals surface area contributed by atoms with E-state index in [1.54, 1.807) is 0 Å². The lowest BCUT2D eigenvalue weighted by molar-refractivity contribution is 0.571. The molecule has 0 bridgehead atoms. The van der Waals surface area contributed by atoms with E-state index in [2.05, 4.69) is 12.1 Å². The number of hydrogen-bond acceptors (Lipinski definition) is 2. The average molecular weight is 195 g/mol. The average Bonchev–Trinajstić information content (AvgIpc) is 2.67. The minimum absolute atomic E-state index is 0.826. The summed E-state index contributed by atoms with van der Waals surface area (Å²) in [6, 6.07) is 10.1. The molecule has 2 heteroatoms. The summed E-state index contributed by atoms with van der Waals surface area (Å²) in [5, 5.41) is 11.1. The molecule has 0 unspecified atom stereocenters. The van der Waals surface area contributed by atoms with Crippen LogP contribution in [-0.2, 0) is 0 Å². The van der Waals surface area contributed by atoms with Crippen molar-refractivity contribution >= 4 is 22.6 Å². The van der Waals surface area contributed by atoms with Crippen LogP contribution in [0.1, 0.15) is 12.8 Å². The number of furan rings is 1. The standard InChI is InChI=1S/C13H9NO/c14-8-9-4-3-7-12-13(9)10-5-1-2-6-11(10)15-12/h1-2,5-7H,3-4H2. The maximum Gasteiger partial charge on any atom is 0.135 e. The van der Waals surface area contributed by atoms with E-state index in [9.17, 15) is 0 Å². The van der Waals surface area contributed by atoms with Crippen LogP contribution in [0.5, 0.6) is 0 Å². The zero-order valence-corrected chi connectivity index (χ0v) is 8.16. The molecule has 0 radical (unpaired) electrons. The monoisotopic (exact) mass is 195 g/mol. The second-order valence-electron chi connectivity index (χ2n) is 3.67. The van der Waals surface area contributed by atoms with Crippen LogP contribution in [0.3, 0.4) is 0 Å². The summed E-state index contributed by atoms with van der Waals surface area (Å²) >= 11 is 0. The fourth-order valence-corrected chi connectivity index (χ4v) is 2.10. The zero-order valence-electron chi connectivity index (χ0n) is 8.16. The number of benzene rings is 1. The SMILES string of the molecule is N#CC1=c2c(oc3ccccc23)=CCC1. The van der Waals surface area contributed by atoms with E-state index >= 15 is 0 Å². The predicted octanol–water partition coefficient (Wildman–Crippen LogP) is 1.68. The number of nitrogens with zero attached hydrogens (tertiary/aromatic N) is 1. The van der Waals surface area contributed by atoms with Crippen molar-refractivity contribution in [3.63, 3.8) is 0 Å². The van der Waals surface area contributed by atoms with Crippen LogP contribution in [-0.4, -0.2) is 0 Å². The first-order chi connectivity index (χ1) is 7.40. The maximum absolute atomic E-state index is 9.07. The van der Waals surface area contributed by atoms with E-state index in [1.165, 1.54) is 0 Å². The van der Waals surface area contributed by atoms with Crippen molar-refractivity contribution in [2.45, 2.75) is 12.8 Å². The topological polar surface area (TPSA) is 36.9 Å². The van der Waals surface area contributed by atoms with E-state index < -0.39 is 0 Å². The van der Waals surface area contributed by atoms with Crippen molar-refractivity contribution in [1.29, 1.82) is 5.26 Å². The fraction of sp³-hybridized carbons (Fsp3) is 0.154.